The van der Waals surface area contributed by atoms with Crippen molar-refractivity contribution in [3.63, 3.8) is 0 Å². The fourth-order valence-corrected chi connectivity index (χ4v) is 4.33. The van der Waals surface area contributed by atoms with Crippen molar-refractivity contribution < 1.29 is 4.43 Å². The Hall–Kier alpha value is -1.14. The second-order valence-corrected chi connectivity index (χ2v) is 13.1. The molecule has 1 fully saturated rings. The van der Waals surface area contributed by atoms with Crippen LogP contribution in [0.5, 0.6) is 0 Å². The molecule has 0 bridgehead atoms. The number of nitrogens with zero attached hydrogens (tertiary/aromatic N) is 1. The Morgan fingerprint density at radius 1 is 1.26 bits per heavy atom. The van der Waals surface area contributed by atoms with Gasteiger partial charge in [-0.15, -0.1) is 0 Å². The van der Waals surface area contributed by atoms with Gasteiger partial charge in [-0.05, 0) is 50.7 Å². The molecule has 0 spiro atoms. The molecule has 0 aromatic carbocycles. The van der Waals surface area contributed by atoms with Gasteiger partial charge in [0.25, 0.3) is 5.56 Å². The molecule has 1 unspecified atom stereocenters. The third-order valence-electron chi connectivity index (χ3n) is 5.41. The van der Waals surface area contributed by atoms with Crippen LogP contribution >= 0.6 is 0 Å². The lowest BCUT2D eigenvalue weighted by molar-refractivity contribution is 0.110. The first-order chi connectivity index (χ1) is 10.5. The summed E-state index contributed by atoms with van der Waals surface area (Å²) in [5.41, 5.74) is -0.0215. The zero-order valence-corrected chi connectivity index (χ0v) is 16.2. The van der Waals surface area contributed by atoms with Crippen molar-refractivity contribution in [1.82, 2.24) is 9.55 Å². The summed E-state index contributed by atoms with van der Waals surface area (Å²) in [5.74, 6) is 0. The van der Waals surface area contributed by atoms with Crippen LogP contribution in [0.3, 0.4) is 0 Å². The predicted molar refractivity (Wildman–Crippen MR) is 95.6 cm³/mol. The van der Waals surface area contributed by atoms with Crippen LogP contribution in [0, 0.1) is 6.92 Å². The van der Waals surface area contributed by atoms with Crippen molar-refractivity contribution in [1.29, 1.82) is 0 Å². The number of aromatic amines is 1. The molecular weight excluding hydrogens is 308 g/mol. The molecule has 5 nitrogen and oxygen atoms in total. The van der Waals surface area contributed by atoms with E-state index in [1.54, 1.807) is 17.7 Å². The average molecular weight is 339 g/mol. The van der Waals surface area contributed by atoms with Crippen LogP contribution in [0.15, 0.2) is 15.8 Å². The molecule has 1 aliphatic carbocycles. The third kappa shape index (κ3) is 4.04. The van der Waals surface area contributed by atoms with Crippen LogP contribution in [0.2, 0.25) is 18.1 Å². The molecule has 23 heavy (non-hydrogen) atoms. The van der Waals surface area contributed by atoms with E-state index in [9.17, 15) is 9.59 Å². The van der Waals surface area contributed by atoms with Crippen LogP contribution in [-0.4, -0.2) is 24.0 Å². The van der Waals surface area contributed by atoms with E-state index in [2.05, 4.69) is 38.8 Å². The van der Waals surface area contributed by atoms with Crippen LogP contribution < -0.4 is 11.2 Å². The molecule has 6 heteroatoms. The van der Waals surface area contributed by atoms with Crippen LogP contribution in [0.1, 0.15) is 58.1 Å². The number of H-pyrrole nitrogens is 1. The van der Waals surface area contributed by atoms with Gasteiger partial charge in [0.2, 0.25) is 0 Å². The van der Waals surface area contributed by atoms with Crippen molar-refractivity contribution in [2.75, 3.05) is 0 Å². The highest BCUT2D eigenvalue weighted by atomic mass is 28.4. The van der Waals surface area contributed by atoms with Crippen molar-refractivity contribution in [3.8, 4) is 0 Å². The normalized spacial score (nSPS) is 23.0. The lowest BCUT2D eigenvalue weighted by Crippen LogP contribution is -2.45. The minimum absolute atomic E-state index is 0.113. The molecule has 1 aliphatic rings. The summed E-state index contributed by atoms with van der Waals surface area (Å²) in [6, 6.07) is 0.113. The summed E-state index contributed by atoms with van der Waals surface area (Å²) < 4.78 is 8.23. The molecular formula is C17H30N2O3Si. The number of aromatic nitrogens is 2. The number of nitrogens with one attached hydrogen (secondary N) is 1. The lowest BCUT2D eigenvalue weighted by atomic mass is 9.93. The summed E-state index contributed by atoms with van der Waals surface area (Å²) in [4.78, 5) is 26.1. The molecule has 0 saturated heterocycles. The molecule has 0 amide bonds. The van der Waals surface area contributed by atoms with Gasteiger partial charge < -0.3 is 4.43 Å². The standard InChI is InChI=1S/C17H30N2O3Si/c1-12-11-19(16(21)18-15(12)20)13-8-7-9-14(10-13)22-23(5,6)17(2,3)4/h11,13-14H,7-10H2,1-6H3,(H,18,20,21)/t13-,14?/m0/s1. The minimum Gasteiger partial charge on any atom is -0.414 e. The first-order valence-corrected chi connectivity index (χ1v) is 11.4. The molecule has 1 saturated carbocycles. The molecule has 1 aromatic heterocycles. The molecule has 0 radical (unpaired) electrons. The van der Waals surface area contributed by atoms with Gasteiger partial charge in [0, 0.05) is 23.9 Å². The average Bonchev–Trinajstić information content (AvgIpc) is 2.41. The quantitative estimate of drug-likeness (QED) is 0.860. The molecule has 130 valence electrons. The minimum atomic E-state index is -1.80. The van der Waals surface area contributed by atoms with E-state index >= 15 is 0 Å². The number of rotatable bonds is 3. The smallest absolute Gasteiger partial charge is 0.328 e. The summed E-state index contributed by atoms with van der Waals surface area (Å²) in [5, 5.41) is 0.186. The summed E-state index contributed by atoms with van der Waals surface area (Å²) in [7, 11) is -1.80. The zero-order valence-electron chi connectivity index (χ0n) is 15.2. The molecule has 0 aliphatic heterocycles. The SMILES string of the molecule is Cc1cn([C@H]2CCCC(O[Si](C)(C)C(C)(C)C)C2)c(=O)[nH]c1=O. The van der Waals surface area contributed by atoms with Crippen molar-refractivity contribution in [2.45, 2.75) is 83.7 Å². The summed E-state index contributed by atoms with van der Waals surface area (Å²) >= 11 is 0. The van der Waals surface area contributed by atoms with Gasteiger partial charge in [0.1, 0.15) is 0 Å². The van der Waals surface area contributed by atoms with E-state index in [1.807, 2.05) is 0 Å². The number of aryl methyl sites for hydroxylation is 1. The maximum Gasteiger partial charge on any atom is 0.328 e. The Labute approximate surface area is 139 Å². The Morgan fingerprint density at radius 3 is 2.52 bits per heavy atom. The van der Waals surface area contributed by atoms with E-state index in [0.717, 1.165) is 25.7 Å². The van der Waals surface area contributed by atoms with Crippen LogP contribution in [0.4, 0.5) is 0 Å². The Balaban J connectivity index is 2.18. The van der Waals surface area contributed by atoms with Crippen LogP contribution in [-0.2, 0) is 4.43 Å². The zero-order chi connectivity index (χ0) is 17.4. The predicted octanol–water partition coefficient (Wildman–Crippen LogP) is 3.35. The maximum atomic E-state index is 12.1. The van der Waals surface area contributed by atoms with Gasteiger partial charge in [-0.1, -0.05) is 20.8 Å². The fraction of sp³-hybridized carbons (Fsp3) is 0.765. The Morgan fingerprint density at radius 2 is 1.91 bits per heavy atom. The third-order valence-corrected chi connectivity index (χ3v) is 9.94. The maximum absolute atomic E-state index is 12.1. The molecule has 1 aromatic rings. The van der Waals surface area contributed by atoms with Crippen molar-refractivity contribution >= 4 is 8.32 Å². The molecule has 1 N–H and O–H groups in total. The van der Waals surface area contributed by atoms with Crippen LogP contribution in [0.25, 0.3) is 0 Å². The van der Waals surface area contributed by atoms with E-state index in [-0.39, 0.29) is 28.4 Å². The first-order valence-electron chi connectivity index (χ1n) is 8.51. The second-order valence-electron chi connectivity index (χ2n) is 8.30. The van der Waals surface area contributed by atoms with Gasteiger partial charge in [-0.2, -0.15) is 0 Å². The topological polar surface area (TPSA) is 64.1 Å². The van der Waals surface area contributed by atoms with Gasteiger partial charge in [0.05, 0.1) is 0 Å². The highest BCUT2D eigenvalue weighted by Crippen LogP contribution is 2.40. The van der Waals surface area contributed by atoms with Crippen molar-refractivity contribution in [3.05, 3.63) is 32.6 Å². The van der Waals surface area contributed by atoms with E-state index in [4.69, 9.17) is 4.43 Å². The highest BCUT2D eigenvalue weighted by Gasteiger charge is 2.40. The Kier molecular flexibility index (Phi) is 5.06. The van der Waals surface area contributed by atoms with Crippen molar-refractivity contribution in [2.24, 2.45) is 0 Å². The first kappa shape index (κ1) is 18.2. The Bertz CT molecular complexity index is 670. The summed E-state index contributed by atoms with van der Waals surface area (Å²) in [6.45, 7) is 13.0. The monoisotopic (exact) mass is 338 g/mol. The van der Waals surface area contributed by atoms with Gasteiger partial charge >= 0.3 is 5.69 Å². The second kappa shape index (κ2) is 6.40. The molecule has 2 atom stereocenters. The largest absolute Gasteiger partial charge is 0.414 e. The summed E-state index contributed by atoms with van der Waals surface area (Å²) in [6.07, 6.45) is 5.81. The van der Waals surface area contributed by atoms with E-state index < -0.39 is 8.32 Å². The molecule has 2 rings (SSSR count). The van der Waals surface area contributed by atoms with Gasteiger partial charge in [-0.25, -0.2) is 4.79 Å². The van der Waals surface area contributed by atoms with E-state index in [1.165, 1.54) is 0 Å². The van der Waals surface area contributed by atoms with Gasteiger partial charge in [-0.3, -0.25) is 14.3 Å². The van der Waals surface area contributed by atoms with E-state index in [0.29, 0.717) is 5.56 Å². The lowest BCUT2D eigenvalue weighted by Gasteiger charge is -2.41. The highest BCUT2D eigenvalue weighted by molar-refractivity contribution is 6.74. The number of hydrogen-bond acceptors (Lipinski definition) is 3. The number of hydrogen-bond donors (Lipinski definition) is 1. The van der Waals surface area contributed by atoms with Gasteiger partial charge in [0.15, 0.2) is 8.32 Å². The molecule has 1 heterocycles. The fourth-order valence-electron chi connectivity index (χ4n) is 2.93.